The molecule has 2 N–H and O–H groups in total. The van der Waals surface area contributed by atoms with E-state index in [1.54, 1.807) is 6.92 Å². The molecular formula is C10H11NO4. The fourth-order valence-electron chi connectivity index (χ4n) is 1.08. The second-order valence-electron chi connectivity index (χ2n) is 3.15. The molecule has 0 bridgehead atoms. The normalized spacial score (nSPS) is 11.5. The van der Waals surface area contributed by atoms with Crippen LogP contribution in [0, 0.1) is 10.1 Å². The average molecular weight is 209 g/mol. The van der Waals surface area contributed by atoms with Crippen LogP contribution in [0.25, 0.3) is 6.08 Å². The number of nitro benzene ring substituents is 1. The SMILES string of the molecule is C/C(=C\c1cc([N+](=O)[O-])ccc1O)CO. The number of aliphatic hydroxyl groups excluding tert-OH is 1. The molecule has 0 unspecified atom stereocenters. The predicted molar refractivity (Wildman–Crippen MR) is 55.5 cm³/mol. The second kappa shape index (κ2) is 4.56. The number of aliphatic hydroxyl groups is 1. The third-order valence-electron chi connectivity index (χ3n) is 1.87. The fraction of sp³-hybridized carbons (Fsp3) is 0.200. The standard InChI is InChI=1S/C10H11NO4/c1-7(6-12)4-8-5-9(11(14)15)2-3-10(8)13/h2-5,12-13H,6H2,1H3/b7-4+. The Kier molecular flexibility index (Phi) is 3.41. The second-order valence-corrected chi connectivity index (χ2v) is 3.15. The van der Waals surface area contributed by atoms with Gasteiger partial charge in [0.15, 0.2) is 0 Å². The van der Waals surface area contributed by atoms with E-state index >= 15 is 0 Å². The maximum Gasteiger partial charge on any atom is 0.270 e. The zero-order chi connectivity index (χ0) is 11.4. The van der Waals surface area contributed by atoms with Crippen molar-refractivity contribution in [3.05, 3.63) is 39.4 Å². The van der Waals surface area contributed by atoms with E-state index in [1.165, 1.54) is 24.3 Å². The summed E-state index contributed by atoms with van der Waals surface area (Å²) in [5.41, 5.74) is 0.853. The van der Waals surface area contributed by atoms with Gasteiger partial charge in [-0.3, -0.25) is 10.1 Å². The summed E-state index contributed by atoms with van der Waals surface area (Å²) >= 11 is 0. The molecule has 1 aromatic carbocycles. The van der Waals surface area contributed by atoms with Crippen molar-refractivity contribution in [2.24, 2.45) is 0 Å². The van der Waals surface area contributed by atoms with Gasteiger partial charge in [-0.05, 0) is 24.6 Å². The monoisotopic (exact) mass is 209 g/mol. The highest BCUT2D eigenvalue weighted by Gasteiger charge is 2.08. The molecule has 80 valence electrons. The lowest BCUT2D eigenvalue weighted by atomic mass is 10.1. The smallest absolute Gasteiger partial charge is 0.270 e. The molecule has 0 aromatic heterocycles. The van der Waals surface area contributed by atoms with Crippen LogP contribution in [0.4, 0.5) is 5.69 Å². The Hall–Kier alpha value is -1.88. The lowest BCUT2D eigenvalue weighted by Gasteiger charge is -2.00. The maximum atomic E-state index is 10.5. The third kappa shape index (κ3) is 2.78. The molecule has 0 aliphatic heterocycles. The van der Waals surface area contributed by atoms with Crippen LogP contribution in [-0.2, 0) is 0 Å². The van der Waals surface area contributed by atoms with E-state index in [2.05, 4.69) is 0 Å². The van der Waals surface area contributed by atoms with Gasteiger partial charge < -0.3 is 10.2 Å². The first-order chi connectivity index (χ1) is 7.04. The zero-order valence-corrected chi connectivity index (χ0v) is 8.17. The first kappa shape index (κ1) is 11.2. The van der Waals surface area contributed by atoms with E-state index in [9.17, 15) is 15.2 Å². The van der Waals surface area contributed by atoms with Gasteiger partial charge in [-0.25, -0.2) is 0 Å². The van der Waals surface area contributed by atoms with Crippen LogP contribution < -0.4 is 0 Å². The molecule has 1 rings (SSSR count). The molecule has 5 heteroatoms. The number of rotatable bonds is 3. The summed E-state index contributed by atoms with van der Waals surface area (Å²) in [6.07, 6.45) is 1.50. The van der Waals surface area contributed by atoms with Crippen molar-refractivity contribution in [1.29, 1.82) is 0 Å². The summed E-state index contributed by atoms with van der Waals surface area (Å²) in [6.45, 7) is 1.51. The summed E-state index contributed by atoms with van der Waals surface area (Å²) in [5, 5.41) is 28.7. The van der Waals surface area contributed by atoms with Crippen LogP contribution in [-0.4, -0.2) is 21.7 Å². The Labute approximate surface area is 86.4 Å². The quantitative estimate of drug-likeness (QED) is 0.586. The minimum Gasteiger partial charge on any atom is -0.507 e. The van der Waals surface area contributed by atoms with E-state index in [4.69, 9.17) is 5.11 Å². The molecule has 0 fully saturated rings. The van der Waals surface area contributed by atoms with Crippen LogP contribution in [0.3, 0.4) is 0 Å². The Morgan fingerprint density at radius 1 is 1.60 bits per heavy atom. The number of hydrogen-bond acceptors (Lipinski definition) is 4. The van der Waals surface area contributed by atoms with Crippen molar-refractivity contribution in [2.45, 2.75) is 6.92 Å². The number of non-ortho nitro benzene ring substituents is 1. The van der Waals surface area contributed by atoms with Gasteiger partial charge in [0.2, 0.25) is 0 Å². The number of benzene rings is 1. The number of hydrogen-bond donors (Lipinski definition) is 2. The van der Waals surface area contributed by atoms with Crippen LogP contribution in [0.2, 0.25) is 0 Å². The van der Waals surface area contributed by atoms with Crippen molar-refractivity contribution < 1.29 is 15.1 Å². The highest BCUT2D eigenvalue weighted by Crippen LogP contribution is 2.24. The highest BCUT2D eigenvalue weighted by molar-refractivity contribution is 5.62. The number of phenols is 1. The predicted octanol–water partition coefficient (Wildman–Crippen LogP) is 1.70. The third-order valence-corrected chi connectivity index (χ3v) is 1.87. The van der Waals surface area contributed by atoms with Crippen molar-refractivity contribution >= 4 is 11.8 Å². The van der Waals surface area contributed by atoms with Gasteiger partial charge in [0, 0.05) is 17.7 Å². The molecule has 0 aliphatic rings. The van der Waals surface area contributed by atoms with Crippen molar-refractivity contribution in [3.8, 4) is 5.75 Å². The van der Waals surface area contributed by atoms with E-state index in [1.807, 2.05) is 0 Å². The first-order valence-electron chi connectivity index (χ1n) is 4.30. The van der Waals surface area contributed by atoms with E-state index in [0.717, 1.165) is 0 Å². The van der Waals surface area contributed by atoms with Gasteiger partial charge >= 0.3 is 0 Å². The van der Waals surface area contributed by atoms with Crippen molar-refractivity contribution in [2.75, 3.05) is 6.61 Å². The van der Waals surface area contributed by atoms with Crippen molar-refractivity contribution in [1.82, 2.24) is 0 Å². The van der Waals surface area contributed by atoms with Gasteiger partial charge in [0.1, 0.15) is 5.75 Å². The largest absolute Gasteiger partial charge is 0.507 e. The number of aromatic hydroxyl groups is 1. The molecule has 5 nitrogen and oxygen atoms in total. The molecule has 1 aromatic rings. The van der Waals surface area contributed by atoms with Crippen molar-refractivity contribution in [3.63, 3.8) is 0 Å². The van der Waals surface area contributed by atoms with Crippen LogP contribution in [0.15, 0.2) is 23.8 Å². The van der Waals surface area contributed by atoms with Crippen LogP contribution >= 0.6 is 0 Å². The number of phenolic OH excluding ortho intramolecular Hbond substituents is 1. The van der Waals surface area contributed by atoms with Gasteiger partial charge in [0.05, 0.1) is 11.5 Å². The van der Waals surface area contributed by atoms with Crippen LogP contribution in [0.5, 0.6) is 5.75 Å². The van der Waals surface area contributed by atoms with E-state index < -0.39 is 4.92 Å². The van der Waals surface area contributed by atoms with Gasteiger partial charge in [-0.2, -0.15) is 0 Å². The zero-order valence-electron chi connectivity index (χ0n) is 8.17. The topological polar surface area (TPSA) is 83.6 Å². The summed E-state index contributed by atoms with van der Waals surface area (Å²) in [7, 11) is 0. The molecule has 0 radical (unpaired) electrons. The van der Waals surface area contributed by atoms with E-state index in [0.29, 0.717) is 11.1 Å². The molecule has 0 heterocycles. The lowest BCUT2D eigenvalue weighted by Crippen LogP contribution is -1.89. The average Bonchev–Trinajstić information content (AvgIpc) is 2.20. The van der Waals surface area contributed by atoms with Gasteiger partial charge in [-0.15, -0.1) is 0 Å². The summed E-state index contributed by atoms with van der Waals surface area (Å²) < 4.78 is 0. The molecule has 0 amide bonds. The van der Waals surface area contributed by atoms with Gasteiger partial charge in [-0.1, -0.05) is 0 Å². The Balaban J connectivity index is 3.17. The molecule has 0 atom stereocenters. The maximum absolute atomic E-state index is 10.5. The molecule has 0 saturated carbocycles. The highest BCUT2D eigenvalue weighted by atomic mass is 16.6. The minimum atomic E-state index is -0.537. The van der Waals surface area contributed by atoms with Crippen LogP contribution in [0.1, 0.15) is 12.5 Å². The number of nitro groups is 1. The summed E-state index contributed by atoms with van der Waals surface area (Å²) in [5.74, 6) is -0.0478. The first-order valence-corrected chi connectivity index (χ1v) is 4.30. The summed E-state index contributed by atoms with van der Waals surface area (Å²) in [6, 6.07) is 3.74. The lowest BCUT2D eigenvalue weighted by molar-refractivity contribution is -0.384. The fourth-order valence-corrected chi connectivity index (χ4v) is 1.08. The molecule has 0 spiro atoms. The Bertz CT molecular complexity index is 412. The summed E-state index contributed by atoms with van der Waals surface area (Å²) in [4.78, 5) is 9.94. The van der Waals surface area contributed by atoms with Gasteiger partial charge in [0.25, 0.3) is 5.69 Å². The Morgan fingerprint density at radius 2 is 2.27 bits per heavy atom. The van der Waals surface area contributed by atoms with E-state index in [-0.39, 0.29) is 18.0 Å². The molecule has 0 saturated heterocycles. The molecule has 15 heavy (non-hydrogen) atoms. The Morgan fingerprint density at radius 3 is 2.80 bits per heavy atom. The number of nitrogens with zero attached hydrogens (tertiary/aromatic N) is 1. The minimum absolute atomic E-state index is 0.0478. The molecule has 0 aliphatic carbocycles. The molecular weight excluding hydrogens is 198 g/mol.